The Labute approximate surface area is 124 Å². The molecule has 1 heterocycles. The van der Waals surface area contributed by atoms with Gasteiger partial charge in [0, 0.05) is 6.54 Å². The number of carboxylic acid groups (broad SMARTS) is 1. The lowest BCUT2D eigenvalue weighted by molar-refractivity contribution is -0.179. The number of carbonyl (C=O) groups is 2. The molecule has 1 amide bonds. The van der Waals surface area contributed by atoms with Crippen molar-refractivity contribution >= 4 is 11.9 Å². The monoisotopic (exact) mass is 317 g/mol. The van der Waals surface area contributed by atoms with Crippen molar-refractivity contribution in [2.75, 3.05) is 19.8 Å². The van der Waals surface area contributed by atoms with Gasteiger partial charge in [0.15, 0.2) is 6.04 Å². The summed E-state index contributed by atoms with van der Waals surface area (Å²) in [6, 6.07) is 5.59. The topological polar surface area (TPSA) is 66.8 Å². The molecule has 8 heteroatoms. The van der Waals surface area contributed by atoms with Gasteiger partial charge in [-0.3, -0.25) is 4.79 Å². The Morgan fingerprint density at radius 3 is 2.64 bits per heavy atom. The van der Waals surface area contributed by atoms with E-state index in [2.05, 4.69) is 4.74 Å². The first kappa shape index (κ1) is 16.3. The molecular formula is C14H14F3NO4. The molecule has 1 aromatic carbocycles. The highest BCUT2D eigenvalue weighted by Crippen LogP contribution is 2.30. The van der Waals surface area contributed by atoms with Crippen LogP contribution in [-0.2, 0) is 20.7 Å². The highest BCUT2D eigenvalue weighted by molar-refractivity contribution is 5.86. The third kappa shape index (κ3) is 3.76. The molecule has 0 aromatic heterocycles. The van der Waals surface area contributed by atoms with Crippen LogP contribution in [0.5, 0.6) is 0 Å². The molecule has 0 unspecified atom stereocenters. The SMILES string of the molecule is O=C(O)[C@H]1c2ccccc2CCN1C(=O)COCC(F)(F)F. The first-order valence-electron chi connectivity index (χ1n) is 6.54. The summed E-state index contributed by atoms with van der Waals surface area (Å²) < 4.78 is 40.3. The minimum atomic E-state index is -4.53. The van der Waals surface area contributed by atoms with Gasteiger partial charge in [-0.25, -0.2) is 4.79 Å². The normalized spacial score (nSPS) is 18.0. The zero-order chi connectivity index (χ0) is 16.3. The lowest BCUT2D eigenvalue weighted by Crippen LogP contribution is -2.45. The number of aliphatic carboxylic acids is 1. The van der Waals surface area contributed by atoms with Gasteiger partial charge in [0.2, 0.25) is 5.91 Å². The highest BCUT2D eigenvalue weighted by Gasteiger charge is 2.36. The van der Waals surface area contributed by atoms with Crippen LogP contribution in [-0.4, -0.2) is 47.8 Å². The number of nitrogens with zero attached hydrogens (tertiary/aromatic N) is 1. The minimum absolute atomic E-state index is 0.127. The molecule has 0 saturated carbocycles. The van der Waals surface area contributed by atoms with Gasteiger partial charge >= 0.3 is 12.1 Å². The highest BCUT2D eigenvalue weighted by atomic mass is 19.4. The molecule has 0 radical (unpaired) electrons. The Hall–Kier alpha value is -2.09. The molecule has 0 bridgehead atoms. The molecule has 1 N–H and O–H groups in total. The maximum absolute atomic E-state index is 12.0. The average molecular weight is 317 g/mol. The van der Waals surface area contributed by atoms with E-state index < -0.39 is 37.3 Å². The van der Waals surface area contributed by atoms with E-state index in [9.17, 15) is 27.9 Å². The number of halogens is 3. The Morgan fingerprint density at radius 2 is 2.00 bits per heavy atom. The third-order valence-corrected chi connectivity index (χ3v) is 3.33. The van der Waals surface area contributed by atoms with Crippen molar-refractivity contribution in [3.8, 4) is 0 Å². The van der Waals surface area contributed by atoms with E-state index in [-0.39, 0.29) is 6.54 Å². The van der Waals surface area contributed by atoms with Crippen molar-refractivity contribution in [1.82, 2.24) is 4.90 Å². The van der Waals surface area contributed by atoms with Crippen molar-refractivity contribution in [2.24, 2.45) is 0 Å². The lowest BCUT2D eigenvalue weighted by Gasteiger charge is -2.34. The van der Waals surface area contributed by atoms with Crippen LogP contribution in [0.3, 0.4) is 0 Å². The van der Waals surface area contributed by atoms with Crippen LogP contribution in [0.2, 0.25) is 0 Å². The Morgan fingerprint density at radius 1 is 1.32 bits per heavy atom. The molecule has 120 valence electrons. The Bertz CT molecular complexity index is 573. The van der Waals surface area contributed by atoms with Crippen LogP contribution in [0.25, 0.3) is 0 Å². The van der Waals surface area contributed by atoms with E-state index in [0.29, 0.717) is 12.0 Å². The summed E-state index contributed by atoms with van der Waals surface area (Å²) in [7, 11) is 0. The maximum atomic E-state index is 12.0. The third-order valence-electron chi connectivity index (χ3n) is 3.33. The Balaban J connectivity index is 2.10. The predicted octanol–water partition coefficient (Wildman–Crippen LogP) is 1.78. The van der Waals surface area contributed by atoms with Crippen molar-refractivity contribution in [3.63, 3.8) is 0 Å². The van der Waals surface area contributed by atoms with Crippen molar-refractivity contribution in [1.29, 1.82) is 0 Å². The van der Waals surface area contributed by atoms with Crippen LogP contribution in [0.15, 0.2) is 24.3 Å². The second-order valence-electron chi connectivity index (χ2n) is 4.88. The lowest BCUT2D eigenvalue weighted by atomic mass is 9.92. The summed E-state index contributed by atoms with van der Waals surface area (Å²) in [6.45, 7) is -2.21. The number of ether oxygens (including phenoxy) is 1. The van der Waals surface area contributed by atoms with Gasteiger partial charge in [0.1, 0.15) is 13.2 Å². The zero-order valence-corrected chi connectivity index (χ0v) is 11.5. The van der Waals surface area contributed by atoms with Crippen LogP contribution in [0.1, 0.15) is 17.2 Å². The molecule has 0 fully saturated rings. The molecule has 1 aliphatic rings. The van der Waals surface area contributed by atoms with E-state index in [0.717, 1.165) is 10.5 Å². The number of hydrogen-bond donors (Lipinski definition) is 1. The number of alkyl halides is 3. The molecule has 0 saturated heterocycles. The van der Waals surface area contributed by atoms with Gasteiger partial charge in [-0.05, 0) is 17.5 Å². The molecule has 1 aliphatic heterocycles. The molecule has 22 heavy (non-hydrogen) atoms. The molecule has 2 rings (SSSR count). The first-order chi connectivity index (χ1) is 10.3. The number of carboxylic acids is 1. The summed E-state index contributed by atoms with van der Waals surface area (Å²) in [5.41, 5.74) is 1.29. The van der Waals surface area contributed by atoms with Crippen molar-refractivity contribution in [2.45, 2.75) is 18.6 Å². The second-order valence-corrected chi connectivity index (χ2v) is 4.88. The minimum Gasteiger partial charge on any atom is -0.479 e. The van der Waals surface area contributed by atoms with E-state index in [4.69, 9.17) is 0 Å². The fraction of sp³-hybridized carbons (Fsp3) is 0.429. The van der Waals surface area contributed by atoms with Crippen LogP contribution < -0.4 is 0 Å². The number of amides is 1. The van der Waals surface area contributed by atoms with Gasteiger partial charge in [-0.15, -0.1) is 0 Å². The molecule has 1 aromatic rings. The van der Waals surface area contributed by atoms with E-state index in [1.54, 1.807) is 24.3 Å². The van der Waals surface area contributed by atoms with Gasteiger partial charge < -0.3 is 14.7 Å². The zero-order valence-electron chi connectivity index (χ0n) is 11.5. The predicted molar refractivity (Wildman–Crippen MR) is 69.1 cm³/mol. The quantitative estimate of drug-likeness (QED) is 0.919. The molecule has 5 nitrogen and oxygen atoms in total. The molecule has 1 atom stereocenters. The average Bonchev–Trinajstić information content (AvgIpc) is 2.44. The number of fused-ring (bicyclic) bond motifs is 1. The van der Waals surface area contributed by atoms with Crippen LogP contribution in [0.4, 0.5) is 13.2 Å². The Kier molecular flexibility index (Phi) is 4.70. The van der Waals surface area contributed by atoms with E-state index in [1.165, 1.54) is 0 Å². The fourth-order valence-electron chi connectivity index (χ4n) is 2.44. The number of hydrogen-bond acceptors (Lipinski definition) is 3. The van der Waals surface area contributed by atoms with Crippen LogP contribution in [0, 0.1) is 0 Å². The maximum Gasteiger partial charge on any atom is 0.411 e. The fourth-order valence-corrected chi connectivity index (χ4v) is 2.44. The number of benzene rings is 1. The molecule has 0 aliphatic carbocycles. The molecule has 0 spiro atoms. The van der Waals surface area contributed by atoms with Gasteiger partial charge in [0.25, 0.3) is 0 Å². The largest absolute Gasteiger partial charge is 0.479 e. The standard InChI is InChI=1S/C14H14F3NO4/c15-14(16,17)8-22-7-11(19)18-6-5-9-3-1-2-4-10(9)12(18)13(20)21/h1-4,12H,5-8H2,(H,20,21)/t12-/m1/s1. The first-order valence-corrected chi connectivity index (χ1v) is 6.54. The molecular weight excluding hydrogens is 303 g/mol. The van der Waals surface area contributed by atoms with E-state index in [1.807, 2.05) is 0 Å². The smallest absolute Gasteiger partial charge is 0.411 e. The summed E-state index contributed by atoms with van der Waals surface area (Å²) in [6.07, 6.45) is -4.08. The summed E-state index contributed by atoms with van der Waals surface area (Å²) in [4.78, 5) is 24.5. The van der Waals surface area contributed by atoms with E-state index >= 15 is 0 Å². The summed E-state index contributed by atoms with van der Waals surface area (Å²) in [5, 5.41) is 9.34. The number of carbonyl (C=O) groups excluding carboxylic acids is 1. The van der Waals surface area contributed by atoms with Gasteiger partial charge in [-0.2, -0.15) is 13.2 Å². The van der Waals surface area contributed by atoms with Gasteiger partial charge in [-0.1, -0.05) is 24.3 Å². The second kappa shape index (κ2) is 6.35. The van der Waals surface area contributed by atoms with Crippen LogP contribution >= 0.6 is 0 Å². The summed E-state index contributed by atoms with van der Waals surface area (Å²) >= 11 is 0. The number of rotatable bonds is 4. The van der Waals surface area contributed by atoms with Crippen molar-refractivity contribution in [3.05, 3.63) is 35.4 Å². The summed E-state index contributed by atoms with van der Waals surface area (Å²) in [5.74, 6) is -2.00. The van der Waals surface area contributed by atoms with Crippen molar-refractivity contribution < 1.29 is 32.6 Å². The van der Waals surface area contributed by atoms with Gasteiger partial charge in [0.05, 0.1) is 0 Å².